The Balaban J connectivity index is 1.46. The number of rotatable bonds is 8. The number of hydrogen-bond donors (Lipinski definition) is 1. The zero-order valence-corrected chi connectivity index (χ0v) is 17.5. The van der Waals surface area contributed by atoms with Crippen LogP contribution in [0.5, 0.6) is 5.75 Å². The quantitative estimate of drug-likeness (QED) is 0.369. The van der Waals surface area contributed by atoms with Gasteiger partial charge in [-0.3, -0.25) is 14.4 Å². The van der Waals surface area contributed by atoms with E-state index in [1.165, 1.54) is 29.0 Å². The monoisotopic (exact) mass is 454 g/mol. The number of allylic oxidation sites excluding steroid dienone is 1. The summed E-state index contributed by atoms with van der Waals surface area (Å²) < 4.78 is 46.1. The molecule has 1 atom stereocenters. The fraction of sp³-hybridized carbons (Fsp3) is 0.500. The second-order valence-corrected chi connectivity index (χ2v) is 7.69. The summed E-state index contributed by atoms with van der Waals surface area (Å²) in [5.41, 5.74) is 1.50. The van der Waals surface area contributed by atoms with E-state index in [1.54, 1.807) is 0 Å². The first-order valence-electron chi connectivity index (χ1n) is 10.5. The summed E-state index contributed by atoms with van der Waals surface area (Å²) in [5, 5.41) is 2.69. The number of nitrogens with zero attached hydrogens (tertiary/aromatic N) is 1. The van der Waals surface area contributed by atoms with Crippen molar-refractivity contribution in [2.24, 2.45) is 5.92 Å². The predicted molar refractivity (Wildman–Crippen MR) is 109 cm³/mol. The van der Waals surface area contributed by atoms with E-state index in [0.717, 1.165) is 37.8 Å². The summed E-state index contributed by atoms with van der Waals surface area (Å²) in [7, 11) is 0. The first kappa shape index (κ1) is 23.6. The topological polar surface area (TPSA) is 84.9 Å². The Labute approximate surface area is 183 Å². The van der Waals surface area contributed by atoms with Crippen LogP contribution in [0.2, 0.25) is 0 Å². The molecule has 0 radical (unpaired) electrons. The highest BCUT2D eigenvalue weighted by Gasteiger charge is 2.39. The highest BCUT2D eigenvalue weighted by molar-refractivity contribution is 6.08. The van der Waals surface area contributed by atoms with Crippen LogP contribution in [-0.2, 0) is 19.1 Å². The molecule has 174 valence electrons. The summed E-state index contributed by atoms with van der Waals surface area (Å²) in [6, 6.07) is 4.97. The summed E-state index contributed by atoms with van der Waals surface area (Å²) in [6.45, 7) is 0.0979. The molecule has 1 heterocycles. The highest BCUT2D eigenvalue weighted by atomic mass is 19.4. The van der Waals surface area contributed by atoms with Gasteiger partial charge in [-0.1, -0.05) is 17.7 Å². The third-order valence-corrected chi connectivity index (χ3v) is 5.35. The molecule has 0 saturated carbocycles. The summed E-state index contributed by atoms with van der Waals surface area (Å²) >= 11 is 0. The molecular weight excluding hydrogens is 429 g/mol. The number of alkyl halides is 3. The number of anilines is 1. The van der Waals surface area contributed by atoms with Crippen LogP contribution in [0.25, 0.3) is 0 Å². The Kier molecular flexibility index (Phi) is 7.76. The van der Waals surface area contributed by atoms with Gasteiger partial charge in [0.25, 0.3) is 5.91 Å². The number of esters is 1. The Bertz CT molecular complexity index is 885. The lowest BCUT2D eigenvalue weighted by molar-refractivity contribution is -0.274. The van der Waals surface area contributed by atoms with Crippen LogP contribution in [0.4, 0.5) is 18.9 Å². The van der Waals surface area contributed by atoms with Crippen molar-refractivity contribution < 1.29 is 37.0 Å². The van der Waals surface area contributed by atoms with Gasteiger partial charge in [-0.2, -0.15) is 0 Å². The lowest BCUT2D eigenvalue weighted by Crippen LogP contribution is -2.34. The maximum atomic E-state index is 12.6. The largest absolute Gasteiger partial charge is 0.573 e. The second kappa shape index (κ2) is 10.5. The molecule has 0 unspecified atom stereocenters. The molecule has 0 spiro atoms. The van der Waals surface area contributed by atoms with Crippen molar-refractivity contribution in [3.05, 3.63) is 35.9 Å². The fourth-order valence-electron chi connectivity index (χ4n) is 3.79. The molecule has 3 rings (SSSR count). The van der Waals surface area contributed by atoms with E-state index < -0.39 is 42.4 Å². The summed E-state index contributed by atoms with van der Waals surface area (Å²) in [4.78, 5) is 38.0. The van der Waals surface area contributed by atoms with E-state index in [1.807, 2.05) is 0 Å². The van der Waals surface area contributed by atoms with Crippen LogP contribution >= 0.6 is 0 Å². The van der Waals surface area contributed by atoms with Gasteiger partial charge >= 0.3 is 12.3 Å². The van der Waals surface area contributed by atoms with Gasteiger partial charge in [-0.05, 0) is 50.7 Å². The molecule has 7 nitrogen and oxygen atoms in total. The smallest absolute Gasteiger partial charge is 0.455 e. The van der Waals surface area contributed by atoms with Crippen LogP contribution in [-0.4, -0.2) is 43.8 Å². The molecule has 2 amide bonds. The zero-order chi connectivity index (χ0) is 23.1. The van der Waals surface area contributed by atoms with Crippen LogP contribution in [0, 0.1) is 5.92 Å². The lowest BCUT2D eigenvalue weighted by atomic mass is 9.97. The van der Waals surface area contributed by atoms with E-state index in [9.17, 15) is 27.6 Å². The Hall–Kier alpha value is -3.04. The van der Waals surface area contributed by atoms with Gasteiger partial charge in [0.2, 0.25) is 5.91 Å². The van der Waals surface area contributed by atoms with Crippen LogP contribution < -0.4 is 15.0 Å². The first-order valence-corrected chi connectivity index (χ1v) is 10.5. The Morgan fingerprint density at radius 2 is 2.03 bits per heavy atom. The zero-order valence-electron chi connectivity index (χ0n) is 17.5. The van der Waals surface area contributed by atoms with Gasteiger partial charge in [0.15, 0.2) is 6.61 Å². The molecule has 0 aromatic heterocycles. The minimum absolute atomic E-state index is 0.134. The van der Waals surface area contributed by atoms with E-state index in [-0.39, 0.29) is 18.7 Å². The third-order valence-electron chi connectivity index (χ3n) is 5.35. The molecule has 32 heavy (non-hydrogen) atoms. The number of carbonyl (C=O) groups excluding carboxylic acids is 3. The van der Waals surface area contributed by atoms with E-state index in [0.29, 0.717) is 6.54 Å². The maximum absolute atomic E-state index is 12.6. The predicted octanol–water partition coefficient (Wildman–Crippen LogP) is 3.49. The van der Waals surface area contributed by atoms with Crippen molar-refractivity contribution in [3.63, 3.8) is 0 Å². The molecule has 10 heteroatoms. The van der Waals surface area contributed by atoms with Crippen LogP contribution in [0.15, 0.2) is 35.9 Å². The Morgan fingerprint density at radius 1 is 1.22 bits per heavy atom. The molecule has 1 aromatic rings. The molecule has 1 aliphatic carbocycles. The van der Waals surface area contributed by atoms with Crippen molar-refractivity contribution in [2.75, 3.05) is 24.6 Å². The van der Waals surface area contributed by atoms with Crippen LogP contribution in [0.3, 0.4) is 0 Å². The minimum Gasteiger partial charge on any atom is -0.455 e. The van der Waals surface area contributed by atoms with Crippen molar-refractivity contribution in [3.8, 4) is 5.75 Å². The Morgan fingerprint density at radius 3 is 2.75 bits per heavy atom. The number of benzene rings is 1. The molecule has 1 saturated heterocycles. The van der Waals surface area contributed by atoms with Gasteiger partial charge in [0.1, 0.15) is 11.7 Å². The van der Waals surface area contributed by atoms with Gasteiger partial charge in [0.05, 0.1) is 0 Å². The van der Waals surface area contributed by atoms with Crippen molar-refractivity contribution in [1.82, 2.24) is 5.32 Å². The normalized spacial score (nSPS) is 18.8. The molecule has 1 aromatic carbocycles. The minimum atomic E-state index is -4.85. The van der Waals surface area contributed by atoms with Crippen molar-refractivity contribution >= 4 is 23.5 Å². The molecule has 1 aliphatic heterocycles. The van der Waals surface area contributed by atoms with Gasteiger partial charge < -0.3 is 19.7 Å². The third kappa shape index (κ3) is 6.73. The summed E-state index contributed by atoms with van der Waals surface area (Å²) in [5.74, 6) is -3.44. The number of nitrogens with one attached hydrogen (secondary N) is 1. The lowest BCUT2D eigenvalue weighted by Gasteiger charge is -2.18. The van der Waals surface area contributed by atoms with E-state index in [2.05, 4.69) is 16.1 Å². The van der Waals surface area contributed by atoms with Gasteiger partial charge in [-0.25, -0.2) is 0 Å². The number of halogens is 3. The molecule has 1 N–H and O–H groups in total. The molecule has 0 bridgehead atoms. The highest BCUT2D eigenvalue weighted by Crippen LogP contribution is 2.31. The maximum Gasteiger partial charge on any atom is 0.573 e. The molecule has 1 fully saturated rings. The standard InChI is InChI=1S/C22H25F3N2O5/c23-22(24,25)32-17-8-4-7-16(13-17)27-12-10-18(20(27)29)21(30)31-14-19(28)26-11-9-15-5-2-1-3-6-15/h4-5,7-8,13,18H,1-3,6,9-12,14H2,(H,26,28)/t18-/m1/s1. The first-order chi connectivity index (χ1) is 15.2. The van der Waals surface area contributed by atoms with Gasteiger partial charge in [-0.15, -0.1) is 13.2 Å². The van der Waals surface area contributed by atoms with E-state index >= 15 is 0 Å². The van der Waals surface area contributed by atoms with Crippen LogP contribution in [0.1, 0.15) is 38.5 Å². The number of hydrogen-bond acceptors (Lipinski definition) is 5. The molecule has 2 aliphatic rings. The molecular formula is C22H25F3N2O5. The average Bonchev–Trinajstić information content (AvgIpc) is 3.13. The van der Waals surface area contributed by atoms with Crippen molar-refractivity contribution in [2.45, 2.75) is 44.9 Å². The number of amides is 2. The number of ether oxygens (including phenoxy) is 2. The second-order valence-electron chi connectivity index (χ2n) is 7.69. The SMILES string of the molecule is O=C(COC(=O)[C@@H]1CCN(c2cccc(OC(F)(F)F)c2)C1=O)NCCC1=CCCCC1. The average molecular weight is 454 g/mol. The van der Waals surface area contributed by atoms with E-state index in [4.69, 9.17) is 4.74 Å². The fourth-order valence-corrected chi connectivity index (χ4v) is 3.79. The van der Waals surface area contributed by atoms with Crippen molar-refractivity contribution in [1.29, 1.82) is 0 Å². The summed E-state index contributed by atoms with van der Waals surface area (Å²) in [6.07, 6.45) is 2.68. The van der Waals surface area contributed by atoms with Gasteiger partial charge in [0, 0.05) is 24.8 Å². The number of carbonyl (C=O) groups is 3.